The maximum Gasteiger partial charge on any atom is 0.0384 e. The summed E-state index contributed by atoms with van der Waals surface area (Å²) < 4.78 is 0. The highest BCUT2D eigenvalue weighted by Gasteiger charge is 1.89. The van der Waals surface area contributed by atoms with E-state index in [4.69, 9.17) is 0 Å². The van der Waals surface area contributed by atoms with Gasteiger partial charge in [0.2, 0.25) is 0 Å². The molecular formula is C17H20Si. The van der Waals surface area contributed by atoms with Crippen molar-refractivity contribution in [1.82, 2.24) is 0 Å². The fraction of sp³-hybridized carbons (Fsp3) is 0.0588. The zero-order valence-electron chi connectivity index (χ0n) is 11.2. The van der Waals surface area contributed by atoms with Crippen molar-refractivity contribution >= 4 is 27.6 Å². The van der Waals surface area contributed by atoms with Crippen LogP contribution in [0.25, 0.3) is 12.2 Å². The highest BCUT2D eigenvalue weighted by molar-refractivity contribution is 6.32. The third kappa shape index (κ3) is 4.56. The third-order valence-electron chi connectivity index (χ3n) is 2.65. The fourth-order valence-electron chi connectivity index (χ4n) is 1.52. The minimum atomic E-state index is 1.14. The molecular weight excluding hydrogens is 232 g/mol. The first-order chi connectivity index (χ1) is 8.67. The molecule has 0 radical (unpaired) electrons. The Morgan fingerprint density at radius 3 is 1.61 bits per heavy atom. The summed E-state index contributed by atoms with van der Waals surface area (Å²) in [6.45, 7) is 9.50. The number of rotatable bonds is 2. The van der Waals surface area contributed by atoms with E-state index in [1.807, 2.05) is 36.4 Å². The second-order valence-electron chi connectivity index (χ2n) is 4.19. The summed E-state index contributed by atoms with van der Waals surface area (Å²) in [4.78, 5) is 0. The maximum absolute atomic E-state index is 3.69. The highest BCUT2D eigenvalue weighted by atomic mass is 28.1. The van der Waals surface area contributed by atoms with Crippen molar-refractivity contribution in [2.75, 3.05) is 0 Å². The molecule has 0 nitrogen and oxygen atoms in total. The predicted octanol–water partition coefficient (Wildman–Crippen LogP) is 2.96. The van der Waals surface area contributed by atoms with Crippen LogP contribution < -0.4 is 5.19 Å². The molecule has 92 valence electrons. The van der Waals surface area contributed by atoms with Crippen LogP contribution in [0.3, 0.4) is 0 Å². The minimum Gasteiger partial charge on any atom is -0.0984 e. The summed E-state index contributed by atoms with van der Waals surface area (Å²) in [5, 5.41) is 1.47. The van der Waals surface area contributed by atoms with Crippen molar-refractivity contribution in [1.29, 1.82) is 0 Å². The lowest BCUT2D eigenvalue weighted by Crippen LogP contribution is -1.98. The normalized spacial score (nSPS) is 9.17. The van der Waals surface area contributed by atoms with E-state index in [0.717, 1.165) is 11.1 Å². The highest BCUT2D eigenvalue weighted by Crippen LogP contribution is 2.10. The van der Waals surface area contributed by atoms with Crippen LogP contribution in [0, 0.1) is 6.92 Å². The summed E-state index contributed by atoms with van der Waals surface area (Å²) in [6, 6.07) is 16.7. The molecule has 0 bridgehead atoms. The van der Waals surface area contributed by atoms with E-state index < -0.39 is 0 Å². The third-order valence-corrected chi connectivity index (χ3v) is 3.32. The molecule has 0 unspecified atom stereocenters. The smallest absolute Gasteiger partial charge is 0.0384 e. The number of aryl methyl sites for hydroxylation is 1. The van der Waals surface area contributed by atoms with E-state index in [1.54, 1.807) is 0 Å². The number of hydrogen-bond donors (Lipinski definition) is 0. The molecule has 2 aromatic carbocycles. The molecule has 0 aliphatic heterocycles. The molecule has 0 aliphatic rings. The van der Waals surface area contributed by atoms with E-state index in [9.17, 15) is 0 Å². The molecule has 0 spiro atoms. The van der Waals surface area contributed by atoms with Crippen LogP contribution in [0.4, 0.5) is 0 Å². The molecule has 18 heavy (non-hydrogen) atoms. The first kappa shape index (κ1) is 14.2. The standard InChI is InChI=1S/C10H10.C7H10Si/c1-3-9-7-5-6-8-10(9)4-2;1-6-2-4-7(8)5-3-6/h3-8H,1-2H2;2-5H,1,8H3. The summed E-state index contributed by atoms with van der Waals surface area (Å²) >= 11 is 0. The minimum absolute atomic E-state index is 1.14. The van der Waals surface area contributed by atoms with Gasteiger partial charge in [-0.15, -0.1) is 0 Å². The second kappa shape index (κ2) is 7.46. The van der Waals surface area contributed by atoms with Gasteiger partial charge in [-0.1, -0.05) is 84.6 Å². The summed E-state index contributed by atoms with van der Waals surface area (Å²) in [6.07, 6.45) is 3.66. The summed E-state index contributed by atoms with van der Waals surface area (Å²) in [5.74, 6) is 0. The lowest BCUT2D eigenvalue weighted by molar-refractivity contribution is 1.49. The Balaban J connectivity index is 0.000000184. The van der Waals surface area contributed by atoms with Crippen molar-refractivity contribution in [3.8, 4) is 0 Å². The Morgan fingerprint density at radius 2 is 1.28 bits per heavy atom. The molecule has 0 aliphatic carbocycles. The second-order valence-corrected chi connectivity index (χ2v) is 5.35. The van der Waals surface area contributed by atoms with Gasteiger partial charge in [-0.2, -0.15) is 0 Å². The fourth-order valence-corrected chi connectivity index (χ4v) is 1.85. The van der Waals surface area contributed by atoms with Gasteiger partial charge in [-0.3, -0.25) is 0 Å². The number of hydrogen-bond acceptors (Lipinski definition) is 0. The van der Waals surface area contributed by atoms with Crippen molar-refractivity contribution < 1.29 is 0 Å². The molecule has 0 atom stereocenters. The molecule has 0 aromatic heterocycles. The Hall–Kier alpha value is -1.86. The molecule has 0 heterocycles. The van der Waals surface area contributed by atoms with Crippen molar-refractivity contribution in [2.24, 2.45) is 0 Å². The molecule has 0 amide bonds. The van der Waals surface area contributed by atoms with Crippen LogP contribution in [0.5, 0.6) is 0 Å². The predicted molar refractivity (Wildman–Crippen MR) is 87.4 cm³/mol. The molecule has 0 saturated heterocycles. The first-order valence-electron chi connectivity index (χ1n) is 6.04. The Labute approximate surface area is 113 Å². The van der Waals surface area contributed by atoms with Crippen LogP contribution >= 0.6 is 0 Å². The Bertz CT molecular complexity index is 461. The van der Waals surface area contributed by atoms with Crippen molar-refractivity contribution in [3.05, 3.63) is 78.4 Å². The summed E-state index contributed by atoms with van der Waals surface area (Å²) in [5.41, 5.74) is 3.62. The van der Waals surface area contributed by atoms with Gasteiger partial charge >= 0.3 is 0 Å². The van der Waals surface area contributed by atoms with E-state index in [0.29, 0.717) is 0 Å². The van der Waals surface area contributed by atoms with Gasteiger partial charge in [-0.25, -0.2) is 0 Å². The number of benzene rings is 2. The van der Waals surface area contributed by atoms with Gasteiger partial charge in [0.15, 0.2) is 0 Å². The van der Waals surface area contributed by atoms with E-state index >= 15 is 0 Å². The van der Waals surface area contributed by atoms with Crippen LogP contribution in [0.15, 0.2) is 61.7 Å². The SMILES string of the molecule is C=Cc1ccccc1C=C.Cc1ccc([SiH3])cc1. The molecule has 0 N–H and O–H groups in total. The zero-order chi connectivity index (χ0) is 13.4. The molecule has 1 heteroatoms. The van der Waals surface area contributed by atoms with Crippen LogP contribution in [0.1, 0.15) is 16.7 Å². The quantitative estimate of drug-likeness (QED) is 0.721. The van der Waals surface area contributed by atoms with Gasteiger partial charge in [0.1, 0.15) is 0 Å². The lowest BCUT2D eigenvalue weighted by atomic mass is 10.1. The van der Waals surface area contributed by atoms with Crippen LogP contribution in [-0.4, -0.2) is 10.2 Å². The molecule has 2 aromatic rings. The monoisotopic (exact) mass is 252 g/mol. The first-order valence-corrected chi connectivity index (χ1v) is 7.04. The van der Waals surface area contributed by atoms with Gasteiger partial charge in [0.05, 0.1) is 0 Å². The maximum atomic E-state index is 3.69. The largest absolute Gasteiger partial charge is 0.0984 e. The van der Waals surface area contributed by atoms with Gasteiger partial charge < -0.3 is 0 Å². The van der Waals surface area contributed by atoms with Crippen molar-refractivity contribution in [2.45, 2.75) is 6.92 Å². The zero-order valence-corrected chi connectivity index (χ0v) is 13.2. The van der Waals surface area contributed by atoms with Crippen molar-refractivity contribution in [3.63, 3.8) is 0 Å². The Kier molecular flexibility index (Phi) is 5.88. The molecule has 2 rings (SSSR count). The Morgan fingerprint density at radius 1 is 0.833 bits per heavy atom. The van der Waals surface area contributed by atoms with Gasteiger partial charge in [0.25, 0.3) is 0 Å². The average molecular weight is 252 g/mol. The molecule has 0 saturated carbocycles. The van der Waals surface area contributed by atoms with Gasteiger partial charge in [0, 0.05) is 10.2 Å². The van der Waals surface area contributed by atoms with Crippen LogP contribution in [0.2, 0.25) is 0 Å². The average Bonchev–Trinajstić information content (AvgIpc) is 2.42. The lowest BCUT2D eigenvalue weighted by Gasteiger charge is -1.96. The summed E-state index contributed by atoms with van der Waals surface area (Å²) in [7, 11) is 1.17. The topological polar surface area (TPSA) is 0 Å². The van der Waals surface area contributed by atoms with Crippen LogP contribution in [-0.2, 0) is 0 Å². The van der Waals surface area contributed by atoms with E-state index in [1.165, 1.54) is 21.0 Å². The van der Waals surface area contributed by atoms with E-state index in [-0.39, 0.29) is 0 Å². The molecule has 0 fully saturated rings. The van der Waals surface area contributed by atoms with Gasteiger partial charge in [-0.05, 0) is 18.1 Å². The van der Waals surface area contributed by atoms with E-state index in [2.05, 4.69) is 44.3 Å².